The van der Waals surface area contributed by atoms with Crippen molar-refractivity contribution in [3.05, 3.63) is 51.4 Å². The van der Waals surface area contributed by atoms with Crippen LogP contribution in [0.2, 0.25) is 4.34 Å². The number of halogens is 1. The van der Waals surface area contributed by atoms with Crippen molar-refractivity contribution in [1.29, 1.82) is 0 Å². The minimum Gasteiger partial charge on any atom is -0.386 e. The highest BCUT2D eigenvalue weighted by Gasteiger charge is 2.13. The van der Waals surface area contributed by atoms with Crippen LogP contribution in [0.4, 0.5) is 0 Å². The van der Waals surface area contributed by atoms with Gasteiger partial charge in [0.15, 0.2) is 0 Å². The lowest BCUT2D eigenvalue weighted by atomic mass is 10.3. The van der Waals surface area contributed by atoms with Gasteiger partial charge in [0.25, 0.3) is 5.91 Å². The molecule has 0 saturated carbocycles. The lowest BCUT2D eigenvalue weighted by Gasteiger charge is -2.09. The lowest BCUT2D eigenvalue weighted by Crippen LogP contribution is -2.28. The van der Waals surface area contributed by atoms with Gasteiger partial charge in [-0.1, -0.05) is 17.7 Å². The van der Waals surface area contributed by atoms with E-state index in [-0.39, 0.29) is 12.5 Å². The van der Waals surface area contributed by atoms with Crippen LogP contribution in [0, 0.1) is 0 Å². The second-order valence-corrected chi connectivity index (χ2v) is 5.33. The van der Waals surface area contributed by atoms with Crippen molar-refractivity contribution in [2.24, 2.45) is 0 Å². The Morgan fingerprint density at radius 2 is 2.28 bits per heavy atom. The predicted molar refractivity (Wildman–Crippen MR) is 70.9 cm³/mol. The zero-order valence-corrected chi connectivity index (χ0v) is 10.9. The van der Waals surface area contributed by atoms with E-state index in [2.05, 4.69) is 10.3 Å². The van der Waals surface area contributed by atoms with E-state index < -0.39 is 6.10 Å². The molecule has 0 bridgehead atoms. The molecular formula is C12H11ClN2O2S. The number of aromatic nitrogens is 1. The Kier molecular flexibility index (Phi) is 4.30. The maximum atomic E-state index is 11.7. The minimum atomic E-state index is -0.754. The summed E-state index contributed by atoms with van der Waals surface area (Å²) in [6.07, 6.45) is 0.792. The van der Waals surface area contributed by atoms with E-state index in [0.29, 0.717) is 10.0 Å². The summed E-state index contributed by atoms with van der Waals surface area (Å²) in [4.78, 5) is 16.3. The average Bonchev–Trinajstić information content (AvgIpc) is 2.83. The Hall–Kier alpha value is -1.43. The van der Waals surface area contributed by atoms with Crippen molar-refractivity contribution in [3.8, 4) is 0 Å². The number of pyridine rings is 1. The molecule has 0 aliphatic heterocycles. The minimum absolute atomic E-state index is 0.131. The predicted octanol–water partition coefficient (Wildman–Crippen LogP) is 2.26. The summed E-state index contributed by atoms with van der Waals surface area (Å²) in [6.45, 7) is 0.131. The van der Waals surface area contributed by atoms with E-state index in [1.54, 1.807) is 36.5 Å². The highest BCUT2D eigenvalue weighted by Crippen LogP contribution is 2.26. The highest BCUT2D eigenvalue weighted by atomic mass is 35.5. The molecule has 2 N–H and O–H groups in total. The molecular weight excluding hydrogens is 272 g/mol. The summed E-state index contributed by atoms with van der Waals surface area (Å²) < 4.78 is 0.611. The van der Waals surface area contributed by atoms with Crippen LogP contribution in [0.3, 0.4) is 0 Å². The van der Waals surface area contributed by atoms with Crippen molar-refractivity contribution in [1.82, 2.24) is 10.3 Å². The first-order valence-corrected chi connectivity index (χ1v) is 6.49. The van der Waals surface area contributed by atoms with Crippen LogP contribution in [0.25, 0.3) is 0 Å². The molecule has 2 heterocycles. The molecule has 1 unspecified atom stereocenters. The van der Waals surface area contributed by atoms with Gasteiger partial charge in [0.1, 0.15) is 11.8 Å². The van der Waals surface area contributed by atoms with Crippen LogP contribution >= 0.6 is 22.9 Å². The van der Waals surface area contributed by atoms with Gasteiger partial charge in [-0.15, -0.1) is 11.3 Å². The summed E-state index contributed by atoms with van der Waals surface area (Å²) in [5.41, 5.74) is 0.328. The molecule has 0 spiro atoms. The molecule has 0 aromatic carbocycles. The SMILES string of the molecule is O=C(NCC(O)c1ccc(Cl)s1)c1ccccn1. The normalized spacial score (nSPS) is 12.1. The number of hydrogen-bond donors (Lipinski definition) is 2. The molecule has 0 fully saturated rings. The Morgan fingerprint density at radius 1 is 1.44 bits per heavy atom. The molecule has 6 heteroatoms. The fourth-order valence-electron chi connectivity index (χ4n) is 1.38. The van der Waals surface area contributed by atoms with Gasteiger partial charge in [-0.2, -0.15) is 0 Å². The number of hydrogen-bond acceptors (Lipinski definition) is 4. The third-order valence-corrected chi connectivity index (χ3v) is 3.61. The molecule has 18 heavy (non-hydrogen) atoms. The van der Waals surface area contributed by atoms with Crippen LogP contribution in [-0.4, -0.2) is 22.5 Å². The summed E-state index contributed by atoms with van der Waals surface area (Å²) in [6, 6.07) is 8.54. The highest BCUT2D eigenvalue weighted by molar-refractivity contribution is 7.16. The number of aliphatic hydroxyl groups is 1. The second kappa shape index (κ2) is 5.95. The smallest absolute Gasteiger partial charge is 0.269 e. The average molecular weight is 283 g/mol. The molecule has 1 atom stereocenters. The van der Waals surface area contributed by atoms with Crippen LogP contribution in [0.5, 0.6) is 0 Å². The second-order valence-electron chi connectivity index (χ2n) is 3.58. The Bertz CT molecular complexity index is 530. The molecule has 1 amide bonds. The van der Waals surface area contributed by atoms with Gasteiger partial charge < -0.3 is 10.4 Å². The first-order valence-electron chi connectivity index (χ1n) is 5.29. The third kappa shape index (κ3) is 3.29. The van der Waals surface area contributed by atoms with Crippen LogP contribution in [-0.2, 0) is 0 Å². The lowest BCUT2D eigenvalue weighted by molar-refractivity contribution is 0.0913. The summed E-state index contributed by atoms with van der Waals surface area (Å²) in [5.74, 6) is -0.308. The van der Waals surface area contributed by atoms with Gasteiger partial charge in [-0.25, -0.2) is 0 Å². The maximum Gasteiger partial charge on any atom is 0.269 e. The van der Waals surface area contributed by atoms with Crippen molar-refractivity contribution < 1.29 is 9.90 Å². The summed E-state index contributed by atoms with van der Waals surface area (Å²) in [7, 11) is 0. The Morgan fingerprint density at radius 3 is 2.89 bits per heavy atom. The van der Waals surface area contributed by atoms with Crippen molar-refractivity contribution in [2.45, 2.75) is 6.10 Å². The zero-order chi connectivity index (χ0) is 13.0. The molecule has 2 aromatic heterocycles. The first-order chi connectivity index (χ1) is 8.66. The fourth-order valence-corrected chi connectivity index (χ4v) is 2.43. The van der Waals surface area contributed by atoms with Gasteiger partial charge in [0, 0.05) is 17.6 Å². The number of carbonyl (C=O) groups excluding carboxylic acids is 1. The topological polar surface area (TPSA) is 62.2 Å². The van der Waals surface area contributed by atoms with Gasteiger partial charge >= 0.3 is 0 Å². The van der Waals surface area contributed by atoms with Gasteiger partial charge in [0.2, 0.25) is 0 Å². The van der Waals surface area contributed by atoms with Crippen LogP contribution < -0.4 is 5.32 Å². The Balaban J connectivity index is 1.90. The van der Waals surface area contributed by atoms with E-state index >= 15 is 0 Å². The number of amides is 1. The Labute approximate surface area is 113 Å². The fraction of sp³-hybridized carbons (Fsp3) is 0.167. The number of aliphatic hydroxyl groups excluding tert-OH is 1. The number of carbonyl (C=O) groups is 1. The van der Waals surface area contributed by atoms with E-state index in [4.69, 9.17) is 11.6 Å². The van der Waals surface area contributed by atoms with Gasteiger partial charge in [0.05, 0.1) is 4.34 Å². The third-order valence-electron chi connectivity index (χ3n) is 2.28. The molecule has 2 rings (SSSR count). The van der Waals surface area contributed by atoms with E-state index in [1.165, 1.54) is 11.3 Å². The monoisotopic (exact) mass is 282 g/mol. The van der Waals surface area contributed by atoms with E-state index in [1.807, 2.05) is 0 Å². The van der Waals surface area contributed by atoms with Crippen molar-refractivity contribution in [2.75, 3.05) is 6.54 Å². The quantitative estimate of drug-likeness (QED) is 0.904. The van der Waals surface area contributed by atoms with Crippen LogP contribution in [0.1, 0.15) is 21.5 Å². The van der Waals surface area contributed by atoms with Crippen LogP contribution in [0.15, 0.2) is 36.5 Å². The summed E-state index contributed by atoms with van der Waals surface area (Å²) in [5, 5.41) is 12.5. The largest absolute Gasteiger partial charge is 0.386 e. The number of rotatable bonds is 4. The standard InChI is InChI=1S/C12H11ClN2O2S/c13-11-5-4-10(18-11)9(16)7-15-12(17)8-3-1-2-6-14-8/h1-6,9,16H,7H2,(H,15,17). The number of thiophene rings is 1. The maximum absolute atomic E-state index is 11.7. The molecule has 0 aliphatic rings. The molecule has 2 aromatic rings. The summed E-state index contributed by atoms with van der Waals surface area (Å²) >= 11 is 7.06. The number of nitrogens with zero attached hydrogens (tertiary/aromatic N) is 1. The van der Waals surface area contributed by atoms with Crippen molar-refractivity contribution >= 4 is 28.8 Å². The first kappa shape index (κ1) is 13.0. The van der Waals surface area contributed by atoms with E-state index in [9.17, 15) is 9.90 Å². The van der Waals surface area contributed by atoms with Crippen molar-refractivity contribution in [3.63, 3.8) is 0 Å². The van der Waals surface area contributed by atoms with E-state index in [0.717, 1.165) is 4.88 Å². The van der Waals surface area contributed by atoms with Gasteiger partial charge in [-0.3, -0.25) is 9.78 Å². The number of nitrogens with one attached hydrogen (secondary N) is 1. The molecule has 94 valence electrons. The molecule has 0 radical (unpaired) electrons. The molecule has 0 aliphatic carbocycles. The van der Waals surface area contributed by atoms with Gasteiger partial charge in [-0.05, 0) is 24.3 Å². The zero-order valence-electron chi connectivity index (χ0n) is 9.34. The molecule has 4 nitrogen and oxygen atoms in total. The molecule has 0 saturated heterocycles.